The molecule has 0 spiro atoms. The normalized spacial score (nSPS) is 27.6. The predicted octanol–water partition coefficient (Wildman–Crippen LogP) is 4.11. The molecule has 2 N–H and O–H groups in total. The molecule has 112 valence electrons. The molecule has 1 aliphatic carbocycles. The summed E-state index contributed by atoms with van der Waals surface area (Å²) in [6.07, 6.45) is 2.89. The van der Waals surface area contributed by atoms with E-state index in [-0.39, 0.29) is 17.5 Å². The van der Waals surface area contributed by atoms with Gasteiger partial charge in [0.2, 0.25) is 0 Å². The molecule has 1 fully saturated rings. The van der Waals surface area contributed by atoms with E-state index in [2.05, 4.69) is 11.9 Å². The van der Waals surface area contributed by atoms with Crippen LogP contribution in [0.4, 0.5) is 13.2 Å². The number of halogens is 3. The molecular formula is C15H21F3N2. The molecule has 1 heterocycles. The van der Waals surface area contributed by atoms with E-state index in [9.17, 15) is 13.2 Å². The summed E-state index contributed by atoms with van der Waals surface area (Å²) in [5, 5.41) is 0. The van der Waals surface area contributed by atoms with Gasteiger partial charge in [0.1, 0.15) is 0 Å². The highest BCUT2D eigenvalue weighted by molar-refractivity contribution is 5.31. The zero-order valence-electron chi connectivity index (χ0n) is 11.7. The molecule has 3 atom stereocenters. The Bertz CT molecular complexity index is 445. The van der Waals surface area contributed by atoms with Crippen molar-refractivity contribution in [3.63, 3.8) is 0 Å². The van der Waals surface area contributed by atoms with Gasteiger partial charge in [-0.25, -0.2) is 0 Å². The predicted molar refractivity (Wildman–Crippen MR) is 72.2 cm³/mol. The van der Waals surface area contributed by atoms with Crippen LogP contribution in [0.3, 0.4) is 0 Å². The SMILES string of the molecule is CCCC1CCC(N)C(c2cnccc2C(F)(F)F)C1. The summed E-state index contributed by atoms with van der Waals surface area (Å²) in [5.74, 6) is 0.247. The second-order valence-corrected chi connectivity index (χ2v) is 5.70. The van der Waals surface area contributed by atoms with Crippen LogP contribution in [-0.2, 0) is 6.18 Å². The first-order valence-electron chi connectivity index (χ1n) is 7.20. The van der Waals surface area contributed by atoms with E-state index < -0.39 is 11.7 Å². The summed E-state index contributed by atoms with van der Waals surface area (Å²) in [5.41, 5.74) is 5.78. The van der Waals surface area contributed by atoms with E-state index in [4.69, 9.17) is 5.73 Å². The molecule has 5 heteroatoms. The van der Waals surface area contributed by atoms with Crippen LogP contribution in [0.25, 0.3) is 0 Å². The first-order valence-corrected chi connectivity index (χ1v) is 7.20. The van der Waals surface area contributed by atoms with Gasteiger partial charge in [0, 0.05) is 24.4 Å². The van der Waals surface area contributed by atoms with Crippen molar-refractivity contribution in [3.05, 3.63) is 29.6 Å². The van der Waals surface area contributed by atoms with Crippen molar-refractivity contribution in [3.8, 4) is 0 Å². The van der Waals surface area contributed by atoms with Gasteiger partial charge in [0.05, 0.1) is 5.56 Å². The lowest BCUT2D eigenvalue weighted by molar-refractivity contribution is -0.138. The van der Waals surface area contributed by atoms with Gasteiger partial charge in [-0.3, -0.25) is 4.98 Å². The minimum atomic E-state index is -4.34. The highest BCUT2D eigenvalue weighted by atomic mass is 19.4. The van der Waals surface area contributed by atoms with Gasteiger partial charge < -0.3 is 5.73 Å². The van der Waals surface area contributed by atoms with E-state index >= 15 is 0 Å². The number of pyridine rings is 1. The van der Waals surface area contributed by atoms with E-state index in [0.29, 0.717) is 5.92 Å². The first-order chi connectivity index (χ1) is 9.43. The lowest BCUT2D eigenvalue weighted by atomic mass is 9.73. The van der Waals surface area contributed by atoms with Crippen molar-refractivity contribution in [1.82, 2.24) is 4.98 Å². The van der Waals surface area contributed by atoms with Crippen molar-refractivity contribution < 1.29 is 13.2 Å². The second kappa shape index (κ2) is 6.12. The summed E-state index contributed by atoms with van der Waals surface area (Å²) < 4.78 is 39.3. The van der Waals surface area contributed by atoms with E-state index in [1.807, 2.05) is 0 Å². The zero-order chi connectivity index (χ0) is 14.8. The summed E-state index contributed by atoms with van der Waals surface area (Å²) >= 11 is 0. The van der Waals surface area contributed by atoms with Gasteiger partial charge in [0.15, 0.2) is 0 Å². The molecule has 1 aromatic heterocycles. The summed E-state index contributed by atoms with van der Waals surface area (Å²) in [6.45, 7) is 2.11. The van der Waals surface area contributed by atoms with E-state index in [1.165, 1.54) is 12.4 Å². The molecule has 0 aromatic carbocycles. The van der Waals surface area contributed by atoms with Crippen LogP contribution in [0, 0.1) is 5.92 Å². The number of hydrogen-bond acceptors (Lipinski definition) is 2. The molecule has 0 aliphatic heterocycles. The van der Waals surface area contributed by atoms with Crippen LogP contribution in [-0.4, -0.2) is 11.0 Å². The zero-order valence-corrected chi connectivity index (χ0v) is 11.7. The van der Waals surface area contributed by atoms with Crippen LogP contribution < -0.4 is 5.73 Å². The Kier molecular flexibility index (Phi) is 4.68. The number of nitrogens with two attached hydrogens (primary N) is 1. The fraction of sp³-hybridized carbons (Fsp3) is 0.667. The maximum atomic E-state index is 13.1. The first kappa shape index (κ1) is 15.3. The highest BCUT2D eigenvalue weighted by Crippen LogP contribution is 2.42. The topological polar surface area (TPSA) is 38.9 Å². The Morgan fingerprint density at radius 3 is 2.75 bits per heavy atom. The fourth-order valence-corrected chi connectivity index (χ4v) is 3.27. The van der Waals surface area contributed by atoms with Crippen LogP contribution in [0.15, 0.2) is 18.5 Å². The largest absolute Gasteiger partial charge is 0.416 e. The molecule has 2 nitrogen and oxygen atoms in total. The Hall–Kier alpha value is -1.10. The van der Waals surface area contributed by atoms with Crippen molar-refractivity contribution in [2.75, 3.05) is 0 Å². The molecule has 1 aromatic rings. The van der Waals surface area contributed by atoms with Crippen LogP contribution in [0.5, 0.6) is 0 Å². The maximum Gasteiger partial charge on any atom is 0.416 e. The smallest absolute Gasteiger partial charge is 0.327 e. The molecular weight excluding hydrogens is 265 g/mol. The molecule has 0 saturated heterocycles. The van der Waals surface area contributed by atoms with Crippen LogP contribution in [0.2, 0.25) is 0 Å². The molecule has 1 saturated carbocycles. The van der Waals surface area contributed by atoms with Crippen molar-refractivity contribution in [2.24, 2.45) is 11.7 Å². The van der Waals surface area contributed by atoms with Gasteiger partial charge in [0.25, 0.3) is 0 Å². The van der Waals surface area contributed by atoms with Gasteiger partial charge in [-0.15, -0.1) is 0 Å². The standard InChI is InChI=1S/C15H21F3N2/c1-2-3-10-4-5-14(19)11(8-10)12-9-20-7-6-13(12)15(16,17)18/h6-7,9-11,14H,2-5,8,19H2,1H3. The molecule has 3 unspecified atom stereocenters. The average molecular weight is 286 g/mol. The Morgan fingerprint density at radius 1 is 1.35 bits per heavy atom. The fourth-order valence-electron chi connectivity index (χ4n) is 3.27. The van der Waals surface area contributed by atoms with Gasteiger partial charge >= 0.3 is 6.18 Å². The van der Waals surface area contributed by atoms with Gasteiger partial charge in [-0.05, 0) is 36.8 Å². The van der Waals surface area contributed by atoms with Gasteiger partial charge in [-0.1, -0.05) is 19.8 Å². The van der Waals surface area contributed by atoms with Crippen molar-refractivity contribution in [1.29, 1.82) is 0 Å². The lowest BCUT2D eigenvalue weighted by Gasteiger charge is -2.35. The molecule has 0 bridgehead atoms. The van der Waals surface area contributed by atoms with Crippen LogP contribution in [0.1, 0.15) is 56.1 Å². The monoisotopic (exact) mass is 286 g/mol. The Labute approximate surface area is 117 Å². The number of aromatic nitrogens is 1. The summed E-state index contributed by atoms with van der Waals surface area (Å²) in [4.78, 5) is 3.88. The summed E-state index contributed by atoms with van der Waals surface area (Å²) in [6, 6.07) is 0.860. The minimum absolute atomic E-state index is 0.201. The van der Waals surface area contributed by atoms with Crippen molar-refractivity contribution >= 4 is 0 Å². The van der Waals surface area contributed by atoms with E-state index in [1.54, 1.807) is 0 Å². The number of hydrogen-bond donors (Lipinski definition) is 1. The Morgan fingerprint density at radius 2 is 2.10 bits per heavy atom. The molecule has 0 amide bonds. The molecule has 0 radical (unpaired) electrons. The third-order valence-electron chi connectivity index (χ3n) is 4.27. The van der Waals surface area contributed by atoms with Crippen LogP contribution >= 0.6 is 0 Å². The number of nitrogens with zero attached hydrogens (tertiary/aromatic N) is 1. The summed E-state index contributed by atoms with van der Waals surface area (Å²) in [7, 11) is 0. The number of alkyl halides is 3. The lowest BCUT2D eigenvalue weighted by Crippen LogP contribution is -2.35. The second-order valence-electron chi connectivity index (χ2n) is 5.70. The average Bonchev–Trinajstić information content (AvgIpc) is 2.40. The molecule has 1 aliphatic rings. The third kappa shape index (κ3) is 3.32. The molecule has 2 rings (SSSR count). The maximum absolute atomic E-state index is 13.1. The minimum Gasteiger partial charge on any atom is -0.327 e. The quantitative estimate of drug-likeness (QED) is 0.908. The Balaban J connectivity index is 2.29. The van der Waals surface area contributed by atoms with Crippen molar-refractivity contribution in [2.45, 2.75) is 57.2 Å². The third-order valence-corrected chi connectivity index (χ3v) is 4.27. The molecule has 20 heavy (non-hydrogen) atoms. The van der Waals surface area contributed by atoms with Gasteiger partial charge in [-0.2, -0.15) is 13.2 Å². The highest BCUT2D eigenvalue weighted by Gasteiger charge is 2.38. The van der Waals surface area contributed by atoms with E-state index in [0.717, 1.165) is 38.2 Å². The number of rotatable bonds is 3.